The Bertz CT molecular complexity index is 753. The van der Waals surface area contributed by atoms with Crippen molar-refractivity contribution in [2.75, 3.05) is 6.61 Å². The maximum absolute atomic E-state index is 11.9. The Hall–Kier alpha value is -0.850. The number of aliphatic carboxylic acids is 1. The van der Waals surface area contributed by atoms with E-state index in [-0.39, 0.29) is 12.8 Å². The SMILES string of the molecule is NC(=O)CCC(N)C(=O)O.O=P(O)(O)OP(=O)(OC1O[C@H](CO)[C@@H](O)[C@H]1O)OP(=O)(O)O. The van der Waals surface area contributed by atoms with Gasteiger partial charge in [-0.3, -0.25) is 14.1 Å². The van der Waals surface area contributed by atoms with Crippen LogP contribution in [-0.4, -0.2) is 89.1 Å². The van der Waals surface area contributed by atoms with E-state index in [9.17, 15) is 33.5 Å². The summed E-state index contributed by atoms with van der Waals surface area (Å²) in [7, 11) is -16.8. The number of carboxylic acid groups (broad SMARTS) is 1. The number of nitrogens with two attached hydrogens (primary N) is 2. The normalized spacial score (nSPS) is 25.0. The highest BCUT2D eigenvalue weighted by Gasteiger charge is 2.51. The minimum atomic E-state index is -5.62. The Morgan fingerprint density at radius 1 is 1.00 bits per heavy atom. The quantitative estimate of drug-likeness (QED) is 0.114. The van der Waals surface area contributed by atoms with Crippen LogP contribution in [0.5, 0.6) is 0 Å². The molecule has 32 heavy (non-hydrogen) atoms. The van der Waals surface area contributed by atoms with E-state index in [4.69, 9.17) is 41.3 Å². The lowest BCUT2D eigenvalue weighted by Gasteiger charge is -2.22. The van der Waals surface area contributed by atoms with Crippen molar-refractivity contribution in [1.82, 2.24) is 0 Å². The Labute approximate surface area is 178 Å². The van der Waals surface area contributed by atoms with Crippen LogP contribution >= 0.6 is 23.5 Å². The molecule has 0 saturated carbocycles. The molecule has 1 aliphatic rings. The molecule has 0 aromatic heterocycles. The molecule has 22 heteroatoms. The summed E-state index contributed by atoms with van der Waals surface area (Å²) in [5.41, 5.74) is 9.81. The lowest BCUT2D eigenvalue weighted by molar-refractivity contribution is -0.138. The topological polar surface area (TPSA) is 336 Å². The molecule has 12 N–H and O–H groups in total. The number of aliphatic hydroxyl groups excluding tert-OH is 3. The first-order valence-electron chi connectivity index (χ1n) is 8.01. The monoisotopic (exact) mass is 536 g/mol. The molecule has 0 spiro atoms. The van der Waals surface area contributed by atoms with E-state index in [1.54, 1.807) is 0 Å². The van der Waals surface area contributed by atoms with Crippen molar-refractivity contribution < 1.29 is 81.2 Å². The molecule has 1 amide bonds. The van der Waals surface area contributed by atoms with Gasteiger partial charge in [0.15, 0.2) is 6.29 Å². The molecule has 0 aromatic carbocycles. The molecule has 0 aromatic rings. The fourth-order valence-corrected chi connectivity index (χ4v) is 5.02. The molecule has 190 valence electrons. The van der Waals surface area contributed by atoms with Crippen LogP contribution in [0.25, 0.3) is 0 Å². The number of hydrogen-bond acceptors (Lipinski definition) is 13. The molecule has 1 fully saturated rings. The molecule has 5 atom stereocenters. The molecular formula is C10H23N2O17P3. The van der Waals surface area contributed by atoms with Crippen LogP contribution in [0.1, 0.15) is 12.8 Å². The van der Waals surface area contributed by atoms with Gasteiger partial charge in [0, 0.05) is 6.42 Å². The van der Waals surface area contributed by atoms with E-state index in [2.05, 4.69) is 17.9 Å². The minimum absolute atomic E-state index is 0.0213. The first-order chi connectivity index (χ1) is 14.3. The fourth-order valence-electron chi connectivity index (χ4n) is 1.81. The van der Waals surface area contributed by atoms with Gasteiger partial charge in [-0.05, 0) is 6.42 Å². The zero-order valence-electron chi connectivity index (χ0n) is 15.8. The molecule has 0 radical (unpaired) electrons. The first-order valence-corrected chi connectivity index (χ1v) is 12.5. The number of carbonyl (C=O) groups is 2. The van der Waals surface area contributed by atoms with Gasteiger partial charge < -0.3 is 56.2 Å². The van der Waals surface area contributed by atoms with Gasteiger partial charge in [-0.2, -0.15) is 8.62 Å². The minimum Gasteiger partial charge on any atom is -0.480 e. The lowest BCUT2D eigenvalue weighted by atomic mass is 10.1. The second-order valence-electron chi connectivity index (χ2n) is 5.85. The summed E-state index contributed by atoms with van der Waals surface area (Å²) in [6, 6.07) is -0.979. The highest BCUT2D eigenvalue weighted by atomic mass is 31.3. The second kappa shape index (κ2) is 12.6. The summed E-state index contributed by atoms with van der Waals surface area (Å²) in [6.07, 6.45) is -7.13. The van der Waals surface area contributed by atoms with Crippen LogP contribution in [0, 0.1) is 0 Å². The molecule has 2 unspecified atom stereocenters. The summed E-state index contributed by atoms with van der Waals surface area (Å²) in [4.78, 5) is 54.3. The summed E-state index contributed by atoms with van der Waals surface area (Å²) in [5.74, 6) is -1.64. The average molecular weight is 536 g/mol. The number of carboxylic acids is 1. The van der Waals surface area contributed by atoms with E-state index < -0.39 is 72.6 Å². The molecule has 1 rings (SSSR count). The third kappa shape index (κ3) is 12.4. The highest BCUT2D eigenvalue weighted by Crippen LogP contribution is 2.68. The molecule has 1 heterocycles. The van der Waals surface area contributed by atoms with Crippen LogP contribution in [0.4, 0.5) is 0 Å². The van der Waals surface area contributed by atoms with Gasteiger partial charge in [0.2, 0.25) is 5.91 Å². The molecule has 0 bridgehead atoms. The van der Waals surface area contributed by atoms with Crippen molar-refractivity contribution in [2.45, 2.75) is 43.5 Å². The van der Waals surface area contributed by atoms with Crippen molar-refractivity contribution in [3.63, 3.8) is 0 Å². The summed E-state index contributed by atoms with van der Waals surface area (Å²) >= 11 is 0. The number of hydrogen-bond donors (Lipinski definition) is 10. The van der Waals surface area contributed by atoms with E-state index in [0.29, 0.717) is 0 Å². The molecule has 0 aliphatic carbocycles. The first kappa shape index (κ1) is 31.1. The van der Waals surface area contributed by atoms with E-state index in [1.165, 1.54) is 0 Å². The summed E-state index contributed by atoms with van der Waals surface area (Å²) in [6.45, 7) is -0.818. The number of aliphatic hydroxyl groups is 3. The van der Waals surface area contributed by atoms with Gasteiger partial charge in [0.05, 0.1) is 6.61 Å². The lowest BCUT2D eigenvalue weighted by Crippen LogP contribution is -2.34. The third-order valence-corrected chi connectivity index (χ3v) is 6.93. The number of carbonyl (C=O) groups excluding carboxylic acids is 1. The number of primary amides is 1. The summed E-state index contributed by atoms with van der Waals surface area (Å²) < 4.78 is 49.2. The smallest absolute Gasteiger partial charge is 0.480 e. The maximum atomic E-state index is 11.9. The van der Waals surface area contributed by atoms with Gasteiger partial charge >= 0.3 is 29.4 Å². The standard InChI is InChI=1S/C5H10N2O3.C5H13O14P3/c6-3(5(9)10)1-2-4(7)8;6-1-2-3(7)4(8)5(16-2)17-22(15,18-20(9,10)11)19-21(12,13)14/h3H,1-2,6H2,(H2,7,8)(H,9,10);2-8H,1H2,(H2,9,10,11)(H2,12,13,14)/t;2-,3-,4-,5?/m.1/s1. The molecule has 1 saturated heterocycles. The fraction of sp³-hybridized carbons (Fsp3) is 0.800. The van der Waals surface area contributed by atoms with E-state index in [0.717, 1.165) is 0 Å². The van der Waals surface area contributed by atoms with Crippen molar-refractivity contribution in [1.29, 1.82) is 0 Å². The molecule has 19 nitrogen and oxygen atoms in total. The highest BCUT2D eigenvalue weighted by molar-refractivity contribution is 7.66. The van der Waals surface area contributed by atoms with Gasteiger partial charge in [0.1, 0.15) is 24.4 Å². The van der Waals surface area contributed by atoms with E-state index in [1.807, 2.05) is 0 Å². The zero-order valence-corrected chi connectivity index (χ0v) is 18.4. The van der Waals surface area contributed by atoms with Crippen molar-refractivity contribution >= 4 is 35.3 Å². The molecular weight excluding hydrogens is 513 g/mol. The van der Waals surface area contributed by atoms with Crippen LogP contribution < -0.4 is 11.5 Å². The van der Waals surface area contributed by atoms with Crippen LogP contribution in [-0.2, 0) is 41.2 Å². The van der Waals surface area contributed by atoms with Crippen molar-refractivity contribution in [3.05, 3.63) is 0 Å². The third-order valence-electron chi connectivity index (χ3n) is 3.16. The van der Waals surface area contributed by atoms with Gasteiger partial charge in [0.25, 0.3) is 0 Å². The van der Waals surface area contributed by atoms with Crippen molar-refractivity contribution in [3.8, 4) is 0 Å². The number of phosphoric acid groups is 3. The predicted molar refractivity (Wildman–Crippen MR) is 96.7 cm³/mol. The Balaban J connectivity index is 0.000000809. The van der Waals surface area contributed by atoms with Gasteiger partial charge in [-0.25, -0.2) is 13.7 Å². The maximum Gasteiger partial charge on any atom is 0.495 e. The van der Waals surface area contributed by atoms with Crippen molar-refractivity contribution in [2.24, 2.45) is 11.5 Å². The average Bonchev–Trinajstić information content (AvgIpc) is 2.83. The molecule has 1 aliphatic heterocycles. The number of amides is 1. The van der Waals surface area contributed by atoms with Gasteiger partial charge in [-0.15, -0.1) is 0 Å². The second-order valence-corrected chi connectivity index (χ2v) is 10.2. The Morgan fingerprint density at radius 3 is 1.78 bits per heavy atom. The summed E-state index contributed by atoms with van der Waals surface area (Å²) in [5, 5.41) is 35.9. The number of rotatable bonds is 11. The van der Waals surface area contributed by atoms with Crippen LogP contribution in [0.15, 0.2) is 0 Å². The zero-order chi connectivity index (χ0) is 25.5. The van der Waals surface area contributed by atoms with Gasteiger partial charge in [-0.1, -0.05) is 0 Å². The Kier molecular flexibility index (Phi) is 12.2. The van der Waals surface area contributed by atoms with Crippen LogP contribution in [0.2, 0.25) is 0 Å². The number of ether oxygens (including phenoxy) is 1. The van der Waals surface area contributed by atoms with Crippen LogP contribution in [0.3, 0.4) is 0 Å². The Morgan fingerprint density at radius 2 is 1.47 bits per heavy atom. The largest absolute Gasteiger partial charge is 0.495 e. The van der Waals surface area contributed by atoms with E-state index >= 15 is 0 Å². The predicted octanol–water partition coefficient (Wildman–Crippen LogP) is -3.57.